The van der Waals surface area contributed by atoms with Gasteiger partial charge in [0.15, 0.2) is 0 Å². The molecule has 0 radical (unpaired) electrons. The van der Waals surface area contributed by atoms with Crippen LogP contribution in [0.4, 0.5) is 0 Å². The molecule has 19 heavy (non-hydrogen) atoms. The van der Waals surface area contributed by atoms with E-state index < -0.39 is 0 Å². The van der Waals surface area contributed by atoms with E-state index in [0.717, 1.165) is 31.8 Å². The van der Waals surface area contributed by atoms with Crippen molar-refractivity contribution in [1.29, 1.82) is 0 Å². The molecule has 1 atom stereocenters. The van der Waals surface area contributed by atoms with Crippen molar-refractivity contribution in [3.8, 4) is 0 Å². The number of ether oxygens (including phenoxy) is 1. The third-order valence-electron chi connectivity index (χ3n) is 3.24. The zero-order valence-electron chi connectivity index (χ0n) is 11.4. The highest BCUT2D eigenvalue weighted by molar-refractivity contribution is 5.77. The normalized spacial score (nSPS) is 19.6. The lowest BCUT2D eigenvalue weighted by atomic mass is 10.1. The van der Waals surface area contributed by atoms with Crippen LogP contribution in [0, 0.1) is 0 Å². The van der Waals surface area contributed by atoms with E-state index in [1.165, 1.54) is 6.42 Å². The van der Waals surface area contributed by atoms with Crippen LogP contribution >= 0.6 is 0 Å². The topological polar surface area (TPSA) is 54.7 Å². The first-order chi connectivity index (χ1) is 9.24. The van der Waals surface area contributed by atoms with Crippen molar-refractivity contribution in [2.24, 2.45) is 0 Å². The van der Waals surface area contributed by atoms with Crippen LogP contribution in [0.25, 0.3) is 0 Å². The molecule has 2 heterocycles. The van der Waals surface area contributed by atoms with E-state index >= 15 is 0 Å². The molecule has 1 unspecified atom stereocenters. The molecule has 1 amide bonds. The number of hydrogen-bond donors (Lipinski definition) is 1. The van der Waals surface area contributed by atoms with E-state index in [0.29, 0.717) is 13.1 Å². The Kier molecular flexibility index (Phi) is 5.42. The number of amides is 1. The van der Waals surface area contributed by atoms with Gasteiger partial charge >= 0.3 is 0 Å². The Balaban J connectivity index is 1.63. The molecule has 1 aliphatic heterocycles. The summed E-state index contributed by atoms with van der Waals surface area (Å²) in [6.07, 6.45) is 5.36. The maximum absolute atomic E-state index is 11.8. The largest absolute Gasteiger partial charge is 0.467 e. The Morgan fingerprint density at radius 3 is 3.11 bits per heavy atom. The predicted octanol–water partition coefficient (Wildman–Crippen LogP) is 1.40. The molecule has 1 aliphatic rings. The minimum atomic E-state index is 0.00899. The Morgan fingerprint density at radius 2 is 2.42 bits per heavy atom. The summed E-state index contributed by atoms with van der Waals surface area (Å²) in [5.74, 6) is 0.779. The number of nitrogens with one attached hydrogen (secondary N) is 1. The van der Waals surface area contributed by atoms with Crippen molar-refractivity contribution < 1.29 is 13.9 Å². The Bertz CT molecular complexity index is 372. The molecule has 1 N–H and O–H groups in total. The number of nitrogens with zero attached hydrogens (tertiary/aromatic N) is 1. The number of rotatable bonds is 6. The lowest BCUT2D eigenvalue weighted by Crippen LogP contribution is -2.39. The minimum absolute atomic E-state index is 0.00899. The Morgan fingerprint density at radius 1 is 1.53 bits per heavy atom. The first kappa shape index (κ1) is 14.1. The van der Waals surface area contributed by atoms with Gasteiger partial charge in [0, 0.05) is 13.2 Å². The second kappa shape index (κ2) is 7.31. The second-order valence-corrected chi connectivity index (χ2v) is 5.04. The molecule has 0 saturated carbocycles. The summed E-state index contributed by atoms with van der Waals surface area (Å²) in [6, 6.07) is 3.66. The molecular weight excluding hydrogens is 244 g/mol. The van der Waals surface area contributed by atoms with Gasteiger partial charge in [-0.3, -0.25) is 9.69 Å². The third-order valence-corrected chi connectivity index (χ3v) is 3.24. The average Bonchev–Trinajstić information content (AvgIpc) is 2.90. The van der Waals surface area contributed by atoms with Gasteiger partial charge in [0.1, 0.15) is 5.76 Å². The summed E-state index contributed by atoms with van der Waals surface area (Å²) >= 11 is 0. The Hall–Kier alpha value is -1.33. The van der Waals surface area contributed by atoms with Crippen LogP contribution in [-0.2, 0) is 16.1 Å². The van der Waals surface area contributed by atoms with Gasteiger partial charge in [-0.2, -0.15) is 0 Å². The summed E-state index contributed by atoms with van der Waals surface area (Å²) in [4.78, 5) is 13.8. The second-order valence-electron chi connectivity index (χ2n) is 5.04. The summed E-state index contributed by atoms with van der Waals surface area (Å²) in [5, 5.41) is 2.84. The quantitative estimate of drug-likeness (QED) is 0.845. The highest BCUT2D eigenvalue weighted by Gasteiger charge is 2.17. The van der Waals surface area contributed by atoms with E-state index in [1.54, 1.807) is 6.26 Å². The van der Waals surface area contributed by atoms with Gasteiger partial charge in [-0.05, 0) is 38.4 Å². The molecule has 5 nitrogen and oxygen atoms in total. The first-order valence-corrected chi connectivity index (χ1v) is 6.83. The molecule has 0 bridgehead atoms. The molecule has 1 aromatic heterocycles. The highest BCUT2D eigenvalue weighted by Crippen LogP contribution is 2.13. The van der Waals surface area contributed by atoms with Gasteiger partial charge in [0.2, 0.25) is 5.91 Å². The van der Waals surface area contributed by atoms with Crippen molar-refractivity contribution in [3.63, 3.8) is 0 Å². The van der Waals surface area contributed by atoms with E-state index in [-0.39, 0.29) is 12.0 Å². The van der Waals surface area contributed by atoms with Crippen molar-refractivity contribution in [2.75, 3.05) is 26.7 Å². The number of carbonyl (C=O) groups excluding carboxylic acids is 1. The van der Waals surface area contributed by atoms with Gasteiger partial charge in [0.05, 0.1) is 25.5 Å². The van der Waals surface area contributed by atoms with E-state index in [1.807, 2.05) is 24.1 Å². The van der Waals surface area contributed by atoms with Crippen LogP contribution in [-0.4, -0.2) is 43.7 Å². The molecule has 0 spiro atoms. The monoisotopic (exact) mass is 266 g/mol. The fourth-order valence-corrected chi connectivity index (χ4v) is 2.26. The number of hydrogen-bond acceptors (Lipinski definition) is 4. The Labute approximate surface area is 113 Å². The smallest absolute Gasteiger partial charge is 0.234 e. The standard InChI is InChI=1S/C14H22N2O3/c1-16(10-13-5-2-3-7-19-13)11-14(17)15-9-12-6-4-8-18-12/h4,6,8,13H,2-3,5,7,9-11H2,1H3,(H,15,17). The average molecular weight is 266 g/mol. The molecule has 0 aromatic carbocycles. The summed E-state index contributed by atoms with van der Waals surface area (Å²) in [7, 11) is 1.95. The number of furan rings is 1. The lowest BCUT2D eigenvalue weighted by molar-refractivity contribution is -0.122. The van der Waals surface area contributed by atoms with Gasteiger partial charge < -0.3 is 14.5 Å². The van der Waals surface area contributed by atoms with Gasteiger partial charge in [-0.25, -0.2) is 0 Å². The van der Waals surface area contributed by atoms with Gasteiger partial charge in [-0.15, -0.1) is 0 Å². The molecule has 1 fully saturated rings. The molecule has 1 aromatic rings. The van der Waals surface area contributed by atoms with Crippen LogP contribution in [0.15, 0.2) is 22.8 Å². The highest BCUT2D eigenvalue weighted by atomic mass is 16.5. The fourth-order valence-electron chi connectivity index (χ4n) is 2.26. The summed E-state index contributed by atoms with van der Waals surface area (Å²) in [6.45, 7) is 2.50. The van der Waals surface area contributed by atoms with E-state index in [4.69, 9.17) is 9.15 Å². The molecule has 0 aliphatic carbocycles. The molecule has 5 heteroatoms. The summed E-state index contributed by atoms with van der Waals surface area (Å²) in [5.41, 5.74) is 0. The van der Waals surface area contributed by atoms with Crippen LogP contribution in [0.5, 0.6) is 0 Å². The zero-order valence-corrected chi connectivity index (χ0v) is 11.4. The minimum Gasteiger partial charge on any atom is -0.467 e. The van der Waals surface area contributed by atoms with Gasteiger partial charge in [0.25, 0.3) is 0 Å². The lowest BCUT2D eigenvalue weighted by Gasteiger charge is -2.27. The van der Waals surface area contributed by atoms with Crippen molar-refractivity contribution in [3.05, 3.63) is 24.2 Å². The van der Waals surface area contributed by atoms with Crippen molar-refractivity contribution in [2.45, 2.75) is 31.9 Å². The SMILES string of the molecule is CN(CC(=O)NCc1ccco1)CC1CCCCO1. The van der Waals surface area contributed by atoms with E-state index in [2.05, 4.69) is 5.32 Å². The molecule has 106 valence electrons. The maximum atomic E-state index is 11.8. The van der Waals surface area contributed by atoms with Gasteiger partial charge in [-0.1, -0.05) is 0 Å². The molecule has 1 saturated heterocycles. The number of carbonyl (C=O) groups is 1. The maximum Gasteiger partial charge on any atom is 0.234 e. The predicted molar refractivity (Wildman–Crippen MR) is 71.6 cm³/mol. The number of likely N-dealkylation sites (N-methyl/N-ethyl adjacent to an activating group) is 1. The fraction of sp³-hybridized carbons (Fsp3) is 0.643. The zero-order chi connectivity index (χ0) is 13.5. The van der Waals surface area contributed by atoms with E-state index in [9.17, 15) is 4.79 Å². The molecule has 2 rings (SSSR count). The first-order valence-electron chi connectivity index (χ1n) is 6.83. The van der Waals surface area contributed by atoms with Crippen molar-refractivity contribution >= 4 is 5.91 Å². The van der Waals surface area contributed by atoms with Crippen LogP contribution in [0.3, 0.4) is 0 Å². The third kappa shape index (κ3) is 5.04. The van der Waals surface area contributed by atoms with Crippen molar-refractivity contribution in [1.82, 2.24) is 10.2 Å². The summed E-state index contributed by atoms with van der Waals surface area (Å²) < 4.78 is 10.8. The molecular formula is C14H22N2O3. The van der Waals surface area contributed by atoms with Crippen LogP contribution in [0.1, 0.15) is 25.0 Å². The van der Waals surface area contributed by atoms with Crippen LogP contribution < -0.4 is 5.32 Å². The van der Waals surface area contributed by atoms with Crippen LogP contribution in [0.2, 0.25) is 0 Å².